The monoisotopic (exact) mass is 394 g/mol. The van der Waals surface area contributed by atoms with E-state index in [2.05, 4.69) is 5.32 Å². The zero-order chi connectivity index (χ0) is 19.9. The maximum Gasteiger partial charge on any atom is 0.269 e. The number of rotatable bonds is 4. The first-order valence-corrected chi connectivity index (χ1v) is 10.4. The average Bonchev–Trinajstić information content (AvgIpc) is 2.89. The summed E-state index contributed by atoms with van der Waals surface area (Å²) < 4.78 is 26.2. The van der Waals surface area contributed by atoms with Crippen molar-refractivity contribution >= 4 is 38.3 Å². The van der Waals surface area contributed by atoms with E-state index >= 15 is 0 Å². The maximum atomic E-state index is 12.8. The van der Waals surface area contributed by atoms with Crippen LogP contribution in [-0.2, 0) is 10.0 Å². The third-order valence-corrected chi connectivity index (χ3v) is 6.56. The minimum Gasteiger partial charge on any atom is -0.321 e. The highest BCUT2D eigenvalue weighted by Gasteiger charge is 2.40. The van der Waals surface area contributed by atoms with Crippen molar-refractivity contribution in [2.45, 2.75) is 18.2 Å². The molecule has 0 fully saturated rings. The summed E-state index contributed by atoms with van der Waals surface area (Å²) in [6.07, 6.45) is 0.521. The van der Waals surface area contributed by atoms with Crippen molar-refractivity contribution in [3.05, 3.63) is 71.8 Å². The van der Waals surface area contributed by atoms with Gasteiger partial charge in [0.2, 0.25) is 0 Å². The first-order valence-electron chi connectivity index (χ1n) is 8.93. The van der Waals surface area contributed by atoms with Gasteiger partial charge in [-0.05, 0) is 36.1 Å². The van der Waals surface area contributed by atoms with Crippen LogP contribution in [0.15, 0.2) is 65.6 Å². The minimum atomic E-state index is -3.92. The molecule has 1 aliphatic rings. The van der Waals surface area contributed by atoms with Gasteiger partial charge in [-0.25, -0.2) is 12.7 Å². The van der Waals surface area contributed by atoms with Crippen LogP contribution in [-0.4, -0.2) is 31.1 Å². The van der Waals surface area contributed by atoms with E-state index < -0.39 is 21.8 Å². The van der Waals surface area contributed by atoms with Gasteiger partial charge in [0.15, 0.2) is 0 Å². The predicted molar refractivity (Wildman–Crippen MR) is 107 cm³/mol. The first kappa shape index (κ1) is 18.2. The highest BCUT2D eigenvalue weighted by atomic mass is 32.2. The Morgan fingerprint density at radius 3 is 2.57 bits per heavy atom. The van der Waals surface area contributed by atoms with E-state index in [9.17, 15) is 18.0 Å². The number of benzene rings is 3. The Hall–Kier alpha value is -3.19. The molecule has 2 amide bonds. The number of fused-ring (bicyclic) bond motifs is 2. The third kappa shape index (κ3) is 2.84. The number of sulfonamides is 1. The molecular formula is C21H18N2O4S. The summed E-state index contributed by atoms with van der Waals surface area (Å²) in [7, 11) is -3.92. The van der Waals surface area contributed by atoms with Gasteiger partial charge in [0.25, 0.3) is 21.8 Å². The number of anilines is 1. The van der Waals surface area contributed by atoms with Crippen LogP contribution in [0.1, 0.15) is 34.1 Å². The summed E-state index contributed by atoms with van der Waals surface area (Å²) in [5, 5.41) is 4.70. The van der Waals surface area contributed by atoms with Crippen LogP contribution in [0.3, 0.4) is 0 Å². The molecule has 0 saturated carbocycles. The molecular weight excluding hydrogens is 376 g/mol. The van der Waals surface area contributed by atoms with Crippen LogP contribution in [0.4, 0.5) is 5.69 Å². The molecule has 0 bridgehead atoms. The average molecular weight is 394 g/mol. The lowest BCUT2D eigenvalue weighted by Gasteiger charge is -2.13. The molecule has 142 valence electrons. The quantitative estimate of drug-likeness (QED) is 0.732. The van der Waals surface area contributed by atoms with Gasteiger partial charge in [0, 0.05) is 23.2 Å². The summed E-state index contributed by atoms with van der Waals surface area (Å²) >= 11 is 0. The molecule has 0 saturated heterocycles. The fraction of sp³-hybridized carbons (Fsp3) is 0.143. The van der Waals surface area contributed by atoms with Gasteiger partial charge in [-0.2, -0.15) is 0 Å². The minimum absolute atomic E-state index is 0.107. The molecule has 0 unspecified atom stereocenters. The van der Waals surface area contributed by atoms with Crippen molar-refractivity contribution in [1.82, 2.24) is 4.31 Å². The lowest BCUT2D eigenvalue weighted by molar-refractivity contribution is 0.0870. The number of carbonyl (C=O) groups is 2. The molecule has 28 heavy (non-hydrogen) atoms. The highest BCUT2D eigenvalue weighted by molar-refractivity contribution is 7.90. The van der Waals surface area contributed by atoms with Crippen molar-refractivity contribution in [2.75, 3.05) is 11.9 Å². The second-order valence-corrected chi connectivity index (χ2v) is 8.40. The standard InChI is InChI=1S/C21H18N2O4S/c1-2-12-23-21(25)17-11-10-15(13-19(17)28(23,26)27)20(24)22-18-9-5-7-14-6-3-4-8-16(14)18/h3-11,13H,2,12H2,1H3,(H,22,24). The Labute approximate surface area is 162 Å². The van der Waals surface area contributed by atoms with Crippen LogP contribution in [0.25, 0.3) is 10.8 Å². The van der Waals surface area contributed by atoms with Gasteiger partial charge in [0.1, 0.15) is 4.90 Å². The van der Waals surface area contributed by atoms with E-state index in [-0.39, 0.29) is 22.6 Å². The Morgan fingerprint density at radius 1 is 1.04 bits per heavy atom. The number of carbonyl (C=O) groups excluding carboxylic acids is 2. The van der Waals surface area contributed by atoms with Gasteiger partial charge in [-0.1, -0.05) is 43.3 Å². The number of nitrogens with one attached hydrogen (secondary N) is 1. The van der Waals surface area contributed by atoms with Crippen molar-refractivity contribution in [3.8, 4) is 0 Å². The normalized spacial score (nSPS) is 14.9. The van der Waals surface area contributed by atoms with Crippen LogP contribution in [0, 0.1) is 0 Å². The van der Waals surface area contributed by atoms with Crippen molar-refractivity contribution in [3.63, 3.8) is 0 Å². The molecule has 0 radical (unpaired) electrons. The second kappa shape index (κ2) is 6.76. The van der Waals surface area contributed by atoms with Gasteiger partial charge >= 0.3 is 0 Å². The Morgan fingerprint density at radius 2 is 1.79 bits per heavy atom. The third-order valence-electron chi connectivity index (χ3n) is 4.73. The van der Waals surface area contributed by atoms with Crippen molar-refractivity contribution < 1.29 is 18.0 Å². The molecule has 0 spiro atoms. The van der Waals surface area contributed by atoms with Crippen LogP contribution in [0.5, 0.6) is 0 Å². The predicted octanol–water partition coefficient (Wildman–Crippen LogP) is 3.65. The highest BCUT2D eigenvalue weighted by Crippen LogP contribution is 2.31. The molecule has 1 N–H and O–H groups in total. The summed E-state index contributed by atoms with van der Waals surface area (Å²) in [6.45, 7) is 1.92. The molecule has 1 heterocycles. The molecule has 6 nitrogen and oxygen atoms in total. The molecule has 1 aliphatic heterocycles. The summed E-state index contributed by atoms with van der Waals surface area (Å²) in [5.41, 5.74) is 0.923. The molecule has 4 rings (SSSR count). The largest absolute Gasteiger partial charge is 0.321 e. The Kier molecular flexibility index (Phi) is 4.39. The topological polar surface area (TPSA) is 83.6 Å². The maximum absolute atomic E-state index is 12.8. The summed E-state index contributed by atoms with van der Waals surface area (Å²) in [6, 6.07) is 17.4. The van der Waals surface area contributed by atoms with Crippen LogP contribution >= 0.6 is 0 Å². The lowest BCUT2D eigenvalue weighted by atomic mass is 10.1. The van der Waals surface area contributed by atoms with E-state index in [4.69, 9.17) is 0 Å². The number of amides is 2. The van der Waals surface area contributed by atoms with Gasteiger partial charge in [-0.15, -0.1) is 0 Å². The smallest absolute Gasteiger partial charge is 0.269 e. The van der Waals surface area contributed by atoms with E-state index in [0.29, 0.717) is 12.1 Å². The molecule has 3 aromatic rings. The molecule has 0 atom stereocenters. The van der Waals surface area contributed by atoms with E-state index in [1.807, 2.05) is 36.4 Å². The van der Waals surface area contributed by atoms with Crippen LogP contribution < -0.4 is 5.32 Å². The number of hydrogen-bond donors (Lipinski definition) is 1. The van der Waals surface area contributed by atoms with Gasteiger partial charge in [0.05, 0.1) is 5.56 Å². The zero-order valence-corrected chi connectivity index (χ0v) is 16.0. The fourth-order valence-electron chi connectivity index (χ4n) is 3.37. The van der Waals surface area contributed by atoms with Gasteiger partial charge in [-0.3, -0.25) is 9.59 Å². The molecule has 0 aliphatic carbocycles. The van der Waals surface area contributed by atoms with Gasteiger partial charge < -0.3 is 5.32 Å². The first-order chi connectivity index (χ1) is 13.4. The molecule has 7 heteroatoms. The fourth-order valence-corrected chi connectivity index (χ4v) is 5.06. The van der Waals surface area contributed by atoms with Crippen LogP contribution in [0.2, 0.25) is 0 Å². The Balaban J connectivity index is 1.69. The number of hydrogen-bond acceptors (Lipinski definition) is 4. The number of nitrogens with zero attached hydrogens (tertiary/aromatic N) is 1. The SMILES string of the molecule is CCCN1C(=O)c2ccc(C(=O)Nc3cccc4ccccc34)cc2S1(=O)=O. The Bertz CT molecular complexity index is 1210. The molecule has 0 aromatic heterocycles. The summed E-state index contributed by atoms with van der Waals surface area (Å²) in [5.74, 6) is -0.978. The van der Waals surface area contributed by atoms with E-state index in [1.54, 1.807) is 13.0 Å². The van der Waals surface area contributed by atoms with E-state index in [1.165, 1.54) is 18.2 Å². The second-order valence-electron chi connectivity index (χ2n) is 6.57. The van der Waals surface area contributed by atoms with E-state index in [0.717, 1.165) is 15.1 Å². The zero-order valence-electron chi connectivity index (χ0n) is 15.2. The van der Waals surface area contributed by atoms with Crippen molar-refractivity contribution in [1.29, 1.82) is 0 Å². The molecule has 3 aromatic carbocycles. The van der Waals surface area contributed by atoms with Crippen molar-refractivity contribution in [2.24, 2.45) is 0 Å². The lowest BCUT2D eigenvalue weighted by Crippen LogP contribution is -2.30. The summed E-state index contributed by atoms with van der Waals surface area (Å²) in [4.78, 5) is 25.0.